The standard InChI is InChI=1S/C38H64O6/c1-4-6-14-36(18-22-43-36)16-10-8-12-20-41-33(30(3)34(39)40)35-25-31-24-32(26-35)28-38(27-31,29-35)42-21-13-9-11-17-37(15-7-5-2)19-23-44-37/h31-32H,4-29H2,1-3H3,(H,39,40). The summed E-state index contributed by atoms with van der Waals surface area (Å²) in [5.74, 6) is 1.18. The van der Waals surface area contributed by atoms with Gasteiger partial charge in [0.25, 0.3) is 0 Å². The van der Waals surface area contributed by atoms with Crippen LogP contribution in [-0.4, -0.2) is 54.3 Å². The van der Waals surface area contributed by atoms with Crippen molar-refractivity contribution in [2.75, 3.05) is 26.4 Å². The maximum Gasteiger partial charge on any atom is 0.334 e. The van der Waals surface area contributed by atoms with E-state index in [9.17, 15) is 9.90 Å². The van der Waals surface area contributed by atoms with E-state index in [4.69, 9.17) is 18.9 Å². The zero-order valence-electron chi connectivity index (χ0n) is 28.5. The SMILES string of the molecule is CCCCC1(CCCCCOC(=C(C)C(=O)O)C23CC4CC(CC(OCCCCCC5(CCCC)CCO5)(C4)C2)C3)CCO1. The predicted octanol–water partition coefficient (Wildman–Crippen LogP) is 9.54. The molecule has 6 rings (SSSR count). The topological polar surface area (TPSA) is 74.2 Å². The summed E-state index contributed by atoms with van der Waals surface area (Å²) >= 11 is 0. The molecule has 2 saturated heterocycles. The lowest BCUT2D eigenvalue weighted by Crippen LogP contribution is -2.57. The van der Waals surface area contributed by atoms with E-state index in [1.807, 2.05) is 0 Å². The van der Waals surface area contributed by atoms with Crippen LogP contribution in [0.2, 0.25) is 0 Å². The zero-order chi connectivity index (χ0) is 31.1. The molecule has 4 saturated carbocycles. The first-order valence-electron chi connectivity index (χ1n) is 18.8. The van der Waals surface area contributed by atoms with E-state index in [2.05, 4.69) is 13.8 Å². The summed E-state index contributed by atoms with van der Waals surface area (Å²) in [4.78, 5) is 12.3. The fourth-order valence-corrected chi connectivity index (χ4v) is 10.1. The molecule has 0 amide bonds. The molecule has 6 nitrogen and oxygen atoms in total. The lowest BCUT2D eigenvalue weighted by atomic mass is 9.47. The van der Waals surface area contributed by atoms with E-state index in [0.29, 0.717) is 24.0 Å². The van der Waals surface area contributed by atoms with Gasteiger partial charge in [-0.1, -0.05) is 58.8 Å². The maximum absolute atomic E-state index is 12.3. The van der Waals surface area contributed by atoms with Crippen molar-refractivity contribution in [3.8, 4) is 0 Å². The summed E-state index contributed by atoms with van der Waals surface area (Å²) < 4.78 is 25.5. The Bertz CT molecular complexity index is 948. The Balaban J connectivity index is 1.11. The van der Waals surface area contributed by atoms with Gasteiger partial charge in [-0.15, -0.1) is 0 Å². The molecular weight excluding hydrogens is 552 g/mol. The van der Waals surface area contributed by atoms with Crippen molar-refractivity contribution in [2.45, 2.75) is 179 Å². The number of aliphatic carboxylic acids is 1. The second kappa shape index (κ2) is 15.2. The van der Waals surface area contributed by atoms with Gasteiger partial charge in [0.15, 0.2) is 0 Å². The summed E-state index contributed by atoms with van der Waals surface area (Å²) in [6.07, 6.45) is 25.5. The number of hydrogen-bond acceptors (Lipinski definition) is 5. The van der Waals surface area contributed by atoms with E-state index in [1.54, 1.807) is 6.92 Å². The van der Waals surface area contributed by atoms with Crippen molar-refractivity contribution in [2.24, 2.45) is 17.3 Å². The third kappa shape index (κ3) is 8.05. The molecule has 4 atom stereocenters. The average molecular weight is 617 g/mol. The highest BCUT2D eigenvalue weighted by Gasteiger charge is 2.60. The third-order valence-corrected chi connectivity index (χ3v) is 12.3. The molecule has 252 valence electrons. The van der Waals surface area contributed by atoms with Gasteiger partial charge < -0.3 is 24.1 Å². The first-order chi connectivity index (χ1) is 21.3. The van der Waals surface area contributed by atoms with E-state index in [0.717, 1.165) is 89.8 Å². The number of carbonyl (C=O) groups is 1. The highest BCUT2D eigenvalue weighted by molar-refractivity contribution is 5.86. The van der Waals surface area contributed by atoms with Gasteiger partial charge in [0, 0.05) is 12.0 Å². The number of ether oxygens (including phenoxy) is 4. The minimum Gasteiger partial charge on any atom is -0.497 e. The molecule has 2 aliphatic heterocycles. The lowest BCUT2D eigenvalue weighted by molar-refractivity contribution is -0.193. The average Bonchev–Trinajstić information content (AvgIpc) is 2.94. The summed E-state index contributed by atoms with van der Waals surface area (Å²) in [6.45, 7) is 9.58. The molecule has 1 N–H and O–H groups in total. The van der Waals surface area contributed by atoms with Gasteiger partial charge in [0.05, 0.1) is 42.2 Å². The summed E-state index contributed by atoms with van der Waals surface area (Å²) in [7, 11) is 0. The van der Waals surface area contributed by atoms with Crippen molar-refractivity contribution in [3.63, 3.8) is 0 Å². The van der Waals surface area contributed by atoms with Gasteiger partial charge in [0.1, 0.15) is 5.76 Å². The van der Waals surface area contributed by atoms with E-state index in [1.165, 1.54) is 77.0 Å². The number of hydrogen-bond donors (Lipinski definition) is 1. The third-order valence-electron chi connectivity index (χ3n) is 12.3. The lowest BCUT2D eigenvalue weighted by Gasteiger charge is -2.62. The molecule has 2 heterocycles. The van der Waals surface area contributed by atoms with Gasteiger partial charge >= 0.3 is 5.97 Å². The van der Waals surface area contributed by atoms with Crippen LogP contribution in [0.1, 0.15) is 162 Å². The maximum atomic E-state index is 12.3. The zero-order valence-corrected chi connectivity index (χ0v) is 28.5. The molecule has 4 bridgehead atoms. The second-order valence-corrected chi connectivity index (χ2v) is 15.8. The van der Waals surface area contributed by atoms with Crippen molar-refractivity contribution in [3.05, 3.63) is 11.3 Å². The van der Waals surface area contributed by atoms with Crippen molar-refractivity contribution in [1.82, 2.24) is 0 Å². The Hall–Kier alpha value is -1.11. The van der Waals surface area contributed by atoms with Crippen LogP contribution in [-0.2, 0) is 23.7 Å². The minimum absolute atomic E-state index is 0.105. The quantitative estimate of drug-likeness (QED) is 0.0742. The molecule has 6 fully saturated rings. The van der Waals surface area contributed by atoms with Crippen LogP contribution in [0.25, 0.3) is 0 Å². The summed E-state index contributed by atoms with van der Waals surface area (Å²) in [6, 6.07) is 0. The first kappa shape index (κ1) is 34.2. The Morgan fingerprint density at radius 3 is 1.75 bits per heavy atom. The van der Waals surface area contributed by atoms with E-state index in [-0.39, 0.29) is 22.2 Å². The van der Waals surface area contributed by atoms with Gasteiger partial charge in [-0.25, -0.2) is 4.79 Å². The molecule has 0 aromatic rings. The Morgan fingerprint density at radius 2 is 1.27 bits per heavy atom. The molecular formula is C38H64O6. The fourth-order valence-electron chi connectivity index (χ4n) is 10.1. The molecule has 0 aromatic heterocycles. The van der Waals surface area contributed by atoms with Gasteiger partial charge in [-0.2, -0.15) is 0 Å². The Labute approximate surface area is 268 Å². The number of allylic oxidation sites excluding steroid dienone is 1. The highest BCUT2D eigenvalue weighted by Crippen LogP contribution is 2.65. The van der Waals surface area contributed by atoms with Crippen LogP contribution < -0.4 is 0 Å². The number of carboxylic acid groups (broad SMARTS) is 1. The van der Waals surface area contributed by atoms with E-state index >= 15 is 0 Å². The molecule has 0 radical (unpaired) electrons. The molecule has 6 aliphatic rings. The van der Waals surface area contributed by atoms with Crippen LogP contribution >= 0.6 is 0 Å². The largest absolute Gasteiger partial charge is 0.497 e. The molecule has 6 heteroatoms. The van der Waals surface area contributed by atoms with E-state index < -0.39 is 5.97 Å². The van der Waals surface area contributed by atoms with Gasteiger partial charge in [-0.05, 0) is 115 Å². The van der Waals surface area contributed by atoms with Crippen molar-refractivity contribution < 1.29 is 28.8 Å². The summed E-state index contributed by atoms with van der Waals surface area (Å²) in [5, 5.41) is 10.1. The minimum atomic E-state index is -0.835. The van der Waals surface area contributed by atoms with Crippen LogP contribution in [0.15, 0.2) is 11.3 Å². The molecule has 0 spiro atoms. The number of rotatable bonds is 22. The van der Waals surface area contributed by atoms with Gasteiger partial charge in [0.2, 0.25) is 0 Å². The van der Waals surface area contributed by atoms with Crippen LogP contribution in [0.5, 0.6) is 0 Å². The van der Waals surface area contributed by atoms with Crippen LogP contribution in [0.4, 0.5) is 0 Å². The van der Waals surface area contributed by atoms with Crippen LogP contribution in [0, 0.1) is 17.3 Å². The van der Waals surface area contributed by atoms with Crippen molar-refractivity contribution in [1.29, 1.82) is 0 Å². The van der Waals surface area contributed by atoms with Gasteiger partial charge in [-0.3, -0.25) is 0 Å². The monoisotopic (exact) mass is 616 g/mol. The van der Waals surface area contributed by atoms with Crippen LogP contribution in [0.3, 0.4) is 0 Å². The number of unbranched alkanes of at least 4 members (excludes halogenated alkanes) is 6. The normalized spacial score (nSPS) is 36.1. The molecule has 44 heavy (non-hydrogen) atoms. The van der Waals surface area contributed by atoms with Crippen molar-refractivity contribution >= 4 is 5.97 Å². The molecule has 4 unspecified atom stereocenters. The summed E-state index contributed by atoms with van der Waals surface area (Å²) in [5.41, 5.74) is 0.446. The second-order valence-electron chi connectivity index (χ2n) is 15.8. The fraction of sp³-hybridized carbons (Fsp3) is 0.921. The molecule has 0 aromatic carbocycles. The first-order valence-corrected chi connectivity index (χ1v) is 18.8. The predicted molar refractivity (Wildman–Crippen MR) is 175 cm³/mol. The molecule has 4 aliphatic carbocycles. The highest BCUT2D eigenvalue weighted by atomic mass is 16.5. The Kier molecular flexibility index (Phi) is 11.8. The Morgan fingerprint density at radius 1 is 0.750 bits per heavy atom. The smallest absolute Gasteiger partial charge is 0.334 e. The number of carboxylic acids is 1.